The first-order chi connectivity index (χ1) is 11.5. The fraction of sp³-hybridized carbons (Fsp3) is 0. The summed E-state index contributed by atoms with van der Waals surface area (Å²) in [4.78, 5) is 2.03. The molecule has 24 heavy (non-hydrogen) atoms. The zero-order valence-electron chi connectivity index (χ0n) is 12.5. The first-order valence-electron chi connectivity index (χ1n) is 7.15. The number of hydrogen-bond acceptors (Lipinski definition) is 3. The molecule has 0 aliphatic rings. The van der Waals surface area contributed by atoms with Crippen molar-refractivity contribution >= 4 is 39.1 Å². The van der Waals surface area contributed by atoms with Crippen molar-refractivity contribution in [3.63, 3.8) is 0 Å². The maximum Gasteiger partial charge on any atom is 0.261 e. The second kappa shape index (κ2) is 7.30. The molecule has 0 heterocycles. The van der Waals surface area contributed by atoms with Crippen LogP contribution in [-0.4, -0.2) is 8.42 Å². The van der Waals surface area contributed by atoms with Gasteiger partial charge in [0, 0.05) is 14.8 Å². The lowest BCUT2D eigenvalue weighted by molar-refractivity contribution is 0.601. The lowest BCUT2D eigenvalue weighted by atomic mass is 10.3. The third-order valence-corrected chi connectivity index (χ3v) is 5.94. The van der Waals surface area contributed by atoms with Crippen LogP contribution < -0.4 is 4.72 Å². The Balaban J connectivity index is 1.88. The standard InChI is InChI=1S/C18H14ClNO2S2/c19-14-10-12-15(13-11-14)23-18-9-5-4-8-17(18)20-24(21,22)16-6-2-1-3-7-16/h1-13,20H. The Hall–Kier alpha value is -1.95. The molecule has 0 atom stereocenters. The number of nitrogens with one attached hydrogen (secondary N) is 1. The second-order valence-corrected chi connectivity index (χ2v) is 8.20. The van der Waals surface area contributed by atoms with Crippen molar-refractivity contribution in [2.24, 2.45) is 0 Å². The van der Waals surface area contributed by atoms with Gasteiger partial charge in [-0.2, -0.15) is 0 Å². The highest BCUT2D eigenvalue weighted by Crippen LogP contribution is 2.34. The molecule has 0 saturated heterocycles. The van der Waals surface area contributed by atoms with Crippen LogP contribution in [0.15, 0.2) is 93.5 Å². The monoisotopic (exact) mass is 375 g/mol. The van der Waals surface area contributed by atoms with Crippen molar-refractivity contribution in [1.82, 2.24) is 0 Å². The van der Waals surface area contributed by atoms with Crippen LogP contribution in [0.2, 0.25) is 5.02 Å². The molecule has 0 amide bonds. The zero-order chi connectivity index (χ0) is 17.0. The van der Waals surface area contributed by atoms with Crippen molar-refractivity contribution in [3.8, 4) is 0 Å². The highest BCUT2D eigenvalue weighted by molar-refractivity contribution is 7.99. The van der Waals surface area contributed by atoms with Crippen LogP contribution >= 0.6 is 23.4 Å². The van der Waals surface area contributed by atoms with Gasteiger partial charge in [0.25, 0.3) is 10.0 Å². The molecule has 0 unspecified atom stereocenters. The van der Waals surface area contributed by atoms with Gasteiger partial charge in [0.05, 0.1) is 10.6 Å². The molecule has 0 aliphatic heterocycles. The van der Waals surface area contributed by atoms with Crippen molar-refractivity contribution in [2.75, 3.05) is 4.72 Å². The van der Waals surface area contributed by atoms with Crippen molar-refractivity contribution < 1.29 is 8.42 Å². The van der Waals surface area contributed by atoms with Crippen molar-refractivity contribution in [2.45, 2.75) is 14.7 Å². The molecule has 0 spiro atoms. The molecule has 3 nitrogen and oxygen atoms in total. The second-order valence-electron chi connectivity index (χ2n) is 4.97. The summed E-state index contributed by atoms with van der Waals surface area (Å²) in [7, 11) is -3.62. The molecule has 122 valence electrons. The van der Waals surface area contributed by atoms with Crippen LogP contribution in [0.4, 0.5) is 5.69 Å². The molecule has 3 rings (SSSR count). The van der Waals surface area contributed by atoms with Gasteiger partial charge in [0.2, 0.25) is 0 Å². The smallest absolute Gasteiger partial charge is 0.261 e. The van der Waals surface area contributed by atoms with E-state index in [9.17, 15) is 8.42 Å². The highest BCUT2D eigenvalue weighted by Gasteiger charge is 2.15. The largest absolute Gasteiger partial charge is 0.278 e. The van der Waals surface area contributed by atoms with E-state index in [1.165, 1.54) is 11.8 Å². The minimum atomic E-state index is -3.62. The van der Waals surface area contributed by atoms with E-state index >= 15 is 0 Å². The van der Waals surface area contributed by atoms with Crippen molar-refractivity contribution in [1.29, 1.82) is 0 Å². The van der Waals surface area contributed by atoms with Gasteiger partial charge in [0.15, 0.2) is 0 Å². The maximum atomic E-state index is 12.5. The van der Waals surface area contributed by atoms with Crippen molar-refractivity contribution in [3.05, 3.63) is 83.9 Å². The van der Waals surface area contributed by atoms with Crippen LogP contribution in [-0.2, 0) is 10.0 Å². The summed E-state index contributed by atoms with van der Waals surface area (Å²) in [5.41, 5.74) is 0.543. The van der Waals surface area contributed by atoms with Crippen LogP contribution in [0, 0.1) is 0 Å². The lowest BCUT2D eigenvalue weighted by Crippen LogP contribution is -2.13. The SMILES string of the molecule is O=S(=O)(Nc1ccccc1Sc1ccc(Cl)cc1)c1ccccc1. The Morgan fingerprint density at radius 2 is 1.42 bits per heavy atom. The first-order valence-corrected chi connectivity index (χ1v) is 9.83. The minimum Gasteiger partial charge on any atom is -0.278 e. The van der Waals surface area contributed by atoms with E-state index < -0.39 is 10.0 Å². The van der Waals surface area contributed by atoms with Gasteiger partial charge in [-0.3, -0.25) is 4.72 Å². The number of benzene rings is 3. The Morgan fingerprint density at radius 1 is 0.792 bits per heavy atom. The Kier molecular flexibility index (Phi) is 5.14. The Bertz CT molecular complexity index is 927. The molecular formula is C18H14ClNO2S2. The predicted molar refractivity (Wildman–Crippen MR) is 99.3 cm³/mol. The fourth-order valence-electron chi connectivity index (χ4n) is 2.07. The van der Waals surface area contributed by atoms with E-state index in [1.54, 1.807) is 54.6 Å². The number of sulfonamides is 1. The minimum absolute atomic E-state index is 0.233. The molecule has 0 radical (unpaired) electrons. The average molecular weight is 376 g/mol. The topological polar surface area (TPSA) is 46.2 Å². The number of para-hydroxylation sites is 1. The molecule has 0 fully saturated rings. The first kappa shape index (κ1) is 16.9. The van der Waals surface area contributed by atoms with Gasteiger partial charge in [-0.25, -0.2) is 8.42 Å². The third-order valence-electron chi connectivity index (χ3n) is 3.23. The molecule has 3 aromatic rings. The molecule has 0 aromatic heterocycles. The van der Waals surface area contributed by atoms with E-state index in [0.29, 0.717) is 10.7 Å². The number of anilines is 1. The van der Waals surface area contributed by atoms with Gasteiger partial charge in [0.1, 0.15) is 0 Å². The molecule has 0 saturated carbocycles. The lowest BCUT2D eigenvalue weighted by Gasteiger charge is -2.12. The number of halogens is 1. The van der Waals surface area contributed by atoms with Gasteiger partial charge >= 0.3 is 0 Å². The summed E-state index contributed by atoms with van der Waals surface area (Å²) in [6.07, 6.45) is 0. The quantitative estimate of drug-likeness (QED) is 0.658. The van der Waals surface area contributed by atoms with Gasteiger partial charge in [-0.05, 0) is 48.5 Å². The molecule has 6 heteroatoms. The Labute approximate surface area is 150 Å². The molecular weight excluding hydrogens is 362 g/mol. The Morgan fingerprint density at radius 3 is 2.12 bits per heavy atom. The normalized spacial score (nSPS) is 11.2. The van der Waals surface area contributed by atoms with Crippen LogP contribution in [0.5, 0.6) is 0 Å². The number of rotatable bonds is 5. The average Bonchev–Trinajstić information content (AvgIpc) is 2.59. The van der Waals surface area contributed by atoms with E-state index in [0.717, 1.165) is 9.79 Å². The van der Waals surface area contributed by atoms with Gasteiger partial charge in [-0.1, -0.05) is 53.7 Å². The molecule has 1 N–H and O–H groups in total. The predicted octanol–water partition coefficient (Wildman–Crippen LogP) is 5.29. The summed E-state index contributed by atoms with van der Waals surface area (Å²) in [5.74, 6) is 0. The summed E-state index contributed by atoms with van der Waals surface area (Å²) < 4.78 is 27.7. The third kappa shape index (κ3) is 4.12. The fourth-order valence-corrected chi connectivity index (χ4v) is 4.27. The highest BCUT2D eigenvalue weighted by atomic mass is 35.5. The van der Waals surface area contributed by atoms with Gasteiger partial charge in [-0.15, -0.1) is 0 Å². The van der Waals surface area contributed by atoms with E-state index in [1.807, 2.05) is 24.3 Å². The summed E-state index contributed by atoms with van der Waals surface area (Å²) in [6, 6.07) is 23.0. The molecule has 3 aromatic carbocycles. The van der Waals surface area contributed by atoms with Crippen LogP contribution in [0.1, 0.15) is 0 Å². The molecule has 0 bridgehead atoms. The van der Waals surface area contributed by atoms with E-state index in [-0.39, 0.29) is 4.90 Å². The van der Waals surface area contributed by atoms with Crippen LogP contribution in [0.25, 0.3) is 0 Å². The molecule has 0 aliphatic carbocycles. The van der Waals surface area contributed by atoms with E-state index in [2.05, 4.69) is 4.72 Å². The zero-order valence-corrected chi connectivity index (χ0v) is 14.9. The summed E-state index contributed by atoms with van der Waals surface area (Å²) >= 11 is 7.37. The van der Waals surface area contributed by atoms with Gasteiger partial charge < -0.3 is 0 Å². The number of hydrogen-bond donors (Lipinski definition) is 1. The summed E-state index contributed by atoms with van der Waals surface area (Å²) in [6.45, 7) is 0. The maximum absolute atomic E-state index is 12.5. The van der Waals surface area contributed by atoms with E-state index in [4.69, 9.17) is 11.6 Å². The van der Waals surface area contributed by atoms with Crippen LogP contribution in [0.3, 0.4) is 0 Å². The summed E-state index contributed by atoms with van der Waals surface area (Å²) in [5, 5.41) is 0.664.